The van der Waals surface area contributed by atoms with Crippen LogP contribution in [0.4, 0.5) is 0 Å². The maximum Gasteiger partial charge on any atom is 0.123 e. The van der Waals surface area contributed by atoms with E-state index in [9.17, 15) is 0 Å². The van der Waals surface area contributed by atoms with Gasteiger partial charge in [-0.05, 0) is 17.9 Å². The van der Waals surface area contributed by atoms with E-state index in [0.29, 0.717) is 6.54 Å². The van der Waals surface area contributed by atoms with Crippen LogP contribution in [0.15, 0.2) is 35.9 Å². The van der Waals surface area contributed by atoms with E-state index in [-0.39, 0.29) is 11.5 Å². The van der Waals surface area contributed by atoms with Crippen molar-refractivity contribution in [2.24, 2.45) is 11.1 Å². The summed E-state index contributed by atoms with van der Waals surface area (Å²) >= 11 is 0. The first-order chi connectivity index (χ1) is 9.97. The van der Waals surface area contributed by atoms with E-state index < -0.39 is 0 Å². The number of benzene rings is 1. The van der Waals surface area contributed by atoms with Crippen LogP contribution in [0.2, 0.25) is 0 Å². The Balaban J connectivity index is 2.19. The Morgan fingerprint density at radius 1 is 1.29 bits per heavy atom. The monoisotopic (exact) mass is 288 g/mol. The van der Waals surface area contributed by atoms with Crippen LogP contribution in [0, 0.1) is 5.41 Å². The highest BCUT2D eigenvalue weighted by atomic mass is 16.5. The molecule has 0 radical (unpaired) electrons. The third kappa shape index (κ3) is 3.66. The average molecular weight is 288 g/mol. The third-order valence-electron chi connectivity index (χ3n) is 4.37. The number of ether oxygens (including phenoxy) is 1. The van der Waals surface area contributed by atoms with Crippen molar-refractivity contribution in [1.29, 1.82) is 0 Å². The number of hydrogen-bond acceptors (Lipinski definition) is 3. The fourth-order valence-corrected chi connectivity index (χ4v) is 3.06. The molecule has 3 heteroatoms. The highest BCUT2D eigenvalue weighted by Crippen LogP contribution is 2.34. The van der Waals surface area contributed by atoms with E-state index in [4.69, 9.17) is 10.5 Å². The Hall–Kier alpha value is -1.32. The van der Waals surface area contributed by atoms with Gasteiger partial charge in [0.25, 0.3) is 0 Å². The van der Waals surface area contributed by atoms with E-state index in [1.54, 1.807) is 12.7 Å². The molecular formula is C18H28N2O. The Bertz CT molecular complexity index is 502. The molecule has 0 aromatic heterocycles. The largest absolute Gasteiger partial charge is 0.496 e. The molecule has 0 spiro atoms. The normalized spacial score (nSPS) is 18.2. The molecule has 0 bridgehead atoms. The van der Waals surface area contributed by atoms with Gasteiger partial charge in [-0.15, -0.1) is 0 Å². The molecule has 2 N–H and O–H groups in total. The standard InChI is InChI=1S/C18H28N2O/c1-18(2,3)14-9-11-20(12-10-14)16(13-19)15-7-5-6-8-17(15)21-4/h5-9,16H,10-13,19H2,1-4H3. The van der Waals surface area contributed by atoms with Crippen molar-refractivity contribution in [2.75, 3.05) is 26.7 Å². The first-order valence-corrected chi connectivity index (χ1v) is 7.74. The Kier molecular flexibility index (Phi) is 5.07. The van der Waals surface area contributed by atoms with Crippen LogP contribution in [-0.2, 0) is 0 Å². The molecule has 1 aromatic rings. The lowest BCUT2D eigenvalue weighted by Gasteiger charge is -2.37. The van der Waals surface area contributed by atoms with Gasteiger partial charge >= 0.3 is 0 Å². The molecule has 1 aromatic carbocycles. The molecule has 0 saturated heterocycles. The predicted molar refractivity (Wildman–Crippen MR) is 88.5 cm³/mol. The van der Waals surface area contributed by atoms with Crippen LogP contribution >= 0.6 is 0 Å². The Morgan fingerprint density at radius 2 is 2.00 bits per heavy atom. The lowest BCUT2D eigenvalue weighted by Crippen LogP contribution is -2.38. The maximum absolute atomic E-state index is 6.06. The number of para-hydroxylation sites is 1. The molecule has 0 amide bonds. The van der Waals surface area contributed by atoms with Crippen molar-refractivity contribution >= 4 is 0 Å². The number of hydrogen-bond donors (Lipinski definition) is 1. The fourth-order valence-electron chi connectivity index (χ4n) is 3.06. The van der Waals surface area contributed by atoms with Crippen LogP contribution in [0.5, 0.6) is 5.75 Å². The van der Waals surface area contributed by atoms with Crippen molar-refractivity contribution in [3.05, 3.63) is 41.5 Å². The van der Waals surface area contributed by atoms with Gasteiger partial charge in [0.05, 0.1) is 13.2 Å². The van der Waals surface area contributed by atoms with Crippen LogP contribution < -0.4 is 10.5 Å². The zero-order valence-corrected chi connectivity index (χ0v) is 13.7. The second-order valence-electron chi connectivity index (χ2n) is 6.72. The number of nitrogens with two attached hydrogens (primary N) is 1. The summed E-state index contributed by atoms with van der Waals surface area (Å²) in [5, 5.41) is 0. The van der Waals surface area contributed by atoms with Gasteiger partial charge in [-0.1, -0.05) is 50.6 Å². The SMILES string of the molecule is COc1ccccc1C(CN)N1CC=C(C(C)(C)C)CC1. The van der Waals surface area contributed by atoms with Gasteiger partial charge in [0.1, 0.15) is 5.75 Å². The molecule has 1 heterocycles. The zero-order chi connectivity index (χ0) is 15.5. The molecule has 1 aliphatic rings. The molecule has 0 saturated carbocycles. The summed E-state index contributed by atoms with van der Waals surface area (Å²) in [5.74, 6) is 0.929. The molecule has 116 valence electrons. The van der Waals surface area contributed by atoms with Gasteiger partial charge in [0, 0.05) is 25.2 Å². The van der Waals surface area contributed by atoms with Gasteiger partial charge in [-0.2, -0.15) is 0 Å². The zero-order valence-electron chi connectivity index (χ0n) is 13.7. The summed E-state index contributed by atoms with van der Waals surface area (Å²) in [5.41, 5.74) is 9.07. The smallest absolute Gasteiger partial charge is 0.123 e. The van der Waals surface area contributed by atoms with Gasteiger partial charge in [-0.3, -0.25) is 4.90 Å². The van der Waals surface area contributed by atoms with Gasteiger partial charge in [0.2, 0.25) is 0 Å². The molecule has 3 nitrogen and oxygen atoms in total. The van der Waals surface area contributed by atoms with Gasteiger partial charge < -0.3 is 10.5 Å². The van der Waals surface area contributed by atoms with E-state index in [1.807, 2.05) is 12.1 Å². The summed E-state index contributed by atoms with van der Waals surface area (Å²) in [6.07, 6.45) is 3.50. The second kappa shape index (κ2) is 6.63. The van der Waals surface area contributed by atoms with Gasteiger partial charge in [-0.25, -0.2) is 0 Å². The summed E-state index contributed by atoms with van der Waals surface area (Å²) in [7, 11) is 1.72. The summed E-state index contributed by atoms with van der Waals surface area (Å²) in [4.78, 5) is 2.45. The highest BCUT2D eigenvalue weighted by molar-refractivity contribution is 5.36. The molecule has 2 rings (SSSR count). The minimum absolute atomic E-state index is 0.221. The van der Waals surface area contributed by atoms with Gasteiger partial charge in [0.15, 0.2) is 0 Å². The summed E-state index contributed by atoms with van der Waals surface area (Å²) in [6.45, 7) is 9.49. The van der Waals surface area contributed by atoms with E-state index in [2.05, 4.69) is 43.9 Å². The minimum Gasteiger partial charge on any atom is -0.496 e. The topological polar surface area (TPSA) is 38.5 Å². The van der Waals surface area contributed by atoms with Crippen molar-refractivity contribution in [2.45, 2.75) is 33.2 Å². The van der Waals surface area contributed by atoms with Crippen LogP contribution in [-0.4, -0.2) is 31.6 Å². The fraction of sp³-hybridized carbons (Fsp3) is 0.556. The minimum atomic E-state index is 0.221. The predicted octanol–water partition coefficient (Wildman–Crippen LogP) is 3.37. The van der Waals surface area contributed by atoms with Crippen LogP contribution in [0.3, 0.4) is 0 Å². The van der Waals surface area contributed by atoms with Crippen LogP contribution in [0.25, 0.3) is 0 Å². The molecule has 1 aliphatic heterocycles. The van der Waals surface area contributed by atoms with Crippen molar-refractivity contribution in [1.82, 2.24) is 4.90 Å². The van der Waals surface area contributed by atoms with E-state index >= 15 is 0 Å². The number of nitrogens with zero attached hydrogens (tertiary/aromatic N) is 1. The average Bonchev–Trinajstić information content (AvgIpc) is 2.48. The molecular weight excluding hydrogens is 260 g/mol. The number of methoxy groups -OCH3 is 1. The quantitative estimate of drug-likeness (QED) is 0.863. The lowest BCUT2D eigenvalue weighted by molar-refractivity contribution is 0.205. The van der Waals surface area contributed by atoms with Crippen molar-refractivity contribution in [3.63, 3.8) is 0 Å². The van der Waals surface area contributed by atoms with E-state index in [0.717, 1.165) is 25.3 Å². The first-order valence-electron chi connectivity index (χ1n) is 7.74. The molecule has 1 atom stereocenters. The van der Waals surface area contributed by atoms with E-state index in [1.165, 1.54) is 5.56 Å². The van der Waals surface area contributed by atoms with Crippen LogP contribution in [0.1, 0.15) is 38.8 Å². The summed E-state index contributed by atoms with van der Waals surface area (Å²) < 4.78 is 5.50. The maximum atomic E-state index is 6.06. The lowest BCUT2D eigenvalue weighted by atomic mass is 9.82. The molecule has 1 unspecified atom stereocenters. The second-order valence-corrected chi connectivity index (χ2v) is 6.72. The summed E-state index contributed by atoms with van der Waals surface area (Å²) in [6, 6.07) is 8.42. The first kappa shape index (κ1) is 16.1. The third-order valence-corrected chi connectivity index (χ3v) is 4.37. The molecule has 0 aliphatic carbocycles. The van der Waals surface area contributed by atoms with Crippen molar-refractivity contribution < 1.29 is 4.74 Å². The number of rotatable bonds is 4. The highest BCUT2D eigenvalue weighted by Gasteiger charge is 2.26. The Morgan fingerprint density at radius 3 is 2.52 bits per heavy atom. The Labute approximate surface area is 128 Å². The molecule has 0 fully saturated rings. The van der Waals surface area contributed by atoms with Crippen molar-refractivity contribution in [3.8, 4) is 5.75 Å². The molecule has 21 heavy (non-hydrogen) atoms.